The number of methoxy groups -OCH3 is 1. The number of carbonyl (C=O) groups is 1. The van der Waals surface area contributed by atoms with E-state index in [4.69, 9.17) is 4.74 Å². The van der Waals surface area contributed by atoms with E-state index in [1.807, 2.05) is 11.0 Å². The van der Waals surface area contributed by atoms with Gasteiger partial charge in [-0.1, -0.05) is 6.42 Å². The molecule has 1 saturated heterocycles. The van der Waals surface area contributed by atoms with E-state index in [0.29, 0.717) is 18.9 Å². The van der Waals surface area contributed by atoms with E-state index in [1.54, 1.807) is 7.11 Å². The summed E-state index contributed by atoms with van der Waals surface area (Å²) < 4.78 is 5.40. The standard InChI is InChI=1S/C23H31N3O3/c1-29-17-6-7-20-18(12-17)19-14-25(11-8-21(19)24-20)15-23(28)9-3-10-26(22(23)27)13-16-4-2-5-16/h6-7,12,16,24,28H,2-5,8-11,13-15H2,1H3/t23-/m0/s1. The van der Waals surface area contributed by atoms with Crippen LogP contribution in [-0.4, -0.2) is 64.7 Å². The summed E-state index contributed by atoms with van der Waals surface area (Å²) in [6, 6.07) is 6.12. The van der Waals surface area contributed by atoms with Crippen LogP contribution < -0.4 is 4.74 Å². The van der Waals surface area contributed by atoms with Gasteiger partial charge in [-0.25, -0.2) is 0 Å². The Hall–Kier alpha value is -2.05. The lowest BCUT2D eigenvalue weighted by Gasteiger charge is -2.43. The van der Waals surface area contributed by atoms with Gasteiger partial charge < -0.3 is 19.7 Å². The summed E-state index contributed by atoms with van der Waals surface area (Å²) in [7, 11) is 1.69. The second kappa shape index (κ2) is 7.33. The van der Waals surface area contributed by atoms with E-state index in [9.17, 15) is 9.90 Å². The molecule has 2 aliphatic heterocycles. The first-order chi connectivity index (χ1) is 14.1. The molecule has 1 aliphatic carbocycles. The number of aromatic nitrogens is 1. The molecule has 2 N–H and O–H groups in total. The molecule has 0 unspecified atom stereocenters. The Kier molecular flexibility index (Phi) is 4.79. The Morgan fingerprint density at radius 3 is 2.90 bits per heavy atom. The molecule has 1 saturated carbocycles. The molecule has 29 heavy (non-hydrogen) atoms. The number of likely N-dealkylation sites (tertiary alicyclic amines) is 1. The molecule has 2 fully saturated rings. The van der Waals surface area contributed by atoms with Crippen molar-refractivity contribution in [2.45, 2.75) is 50.7 Å². The topological polar surface area (TPSA) is 68.8 Å². The van der Waals surface area contributed by atoms with Crippen LogP contribution in [0.15, 0.2) is 18.2 Å². The van der Waals surface area contributed by atoms with Gasteiger partial charge in [-0.3, -0.25) is 9.69 Å². The van der Waals surface area contributed by atoms with Gasteiger partial charge in [0, 0.05) is 55.7 Å². The SMILES string of the molecule is COc1ccc2[nH]c3c(c2c1)CN(C[C@@]1(O)CCCN(CC2CCC2)C1=O)CC3. The fourth-order valence-corrected chi connectivity index (χ4v) is 5.25. The lowest BCUT2D eigenvalue weighted by Crippen LogP contribution is -2.59. The average Bonchev–Trinajstić information content (AvgIpc) is 3.05. The zero-order valence-electron chi connectivity index (χ0n) is 17.2. The molecule has 0 radical (unpaired) electrons. The van der Waals surface area contributed by atoms with Crippen LogP contribution in [0.25, 0.3) is 10.9 Å². The van der Waals surface area contributed by atoms with E-state index < -0.39 is 5.60 Å². The van der Waals surface area contributed by atoms with Crippen LogP contribution in [0.2, 0.25) is 0 Å². The molecule has 5 rings (SSSR count). The molecule has 3 aliphatic rings. The second-order valence-electron chi connectivity index (χ2n) is 9.14. The van der Waals surface area contributed by atoms with Crippen molar-refractivity contribution < 1.29 is 14.6 Å². The molecule has 1 aromatic heterocycles. The molecule has 1 atom stereocenters. The predicted molar refractivity (Wildman–Crippen MR) is 112 cm³/mol. The van der Waals surface area contributed by atoms with Crippen molar-refractivity contribution in [2.24, 2.45) is 5.92 Å². The van der Waals surface area contributed by atoms with Crippen molar-refractivity contribution >= 4 is 16.8 Å². The first-order valence-corrected chi connectivity index (χ1v) is 11.0. The molecule has 2 aromatic rings. The van der Waals surface area contributed by atoms with Gasteiger partial charge in [-0.05, 0) is 55.4 Å². The Bertz CT molecular complexity index is 919. The summed E-state index contributed by atoms with van der Waals surface area (Å²) in [5.74, 6) is 1.44. The van der Waals surface area contributed by atoms with Gasteiger partial charge in [0.05, 0.1) is 7.11 Å². The molecule has 6 heteroatoms. The quantitative estimate of drug-likeness (QED) is 0.814. The molecular weight excluding hydrogens is 366 g/mol. The van der Waals surface area contributed by atoms with Crippen molar-refractivity contribution in [3.8, 4) is 5.75 Å². The number of piperidine rings is 1. The van der Waals surface area contributed by atoms with Gasteiger partial charge in [0.2, 0.25) is 0 Å². The van der Waals surface area contributed by atoms with Crippen LogP contribution in [0.1, 0.15) is 43.4 Å². The fraction of sp³-hybridized carbons (Fsp3) is 0.609. The van der Waals surface area contributed by atoms with Crippen molar-refractivity contribution in [1.82, 2.24) is 14.8 Å². The third-order valence-corrected chi connectivity index (χ3v) is 7.15. The largest absolute Gasteiger partial charge is 0.497 e. The van der Waals surface area contributed by atoms with Crippen LogP contribution >= 0.6 is 0 Å². The Morgan fingerprint density at radius 2 is 2.14 bits per heavy atom. The van der Waals surface area contributed by atoms with E-state index in [-0.39, 0.29) is 5.91 Å². The number of nitrogens with zero attached hydrogens (tertiary/aromatic N) is 2. The highest BCUT2D eigenvalue weighted by Gasteiger charge is 2.44. The lowest BCUT2D eigenvalue weighted by atomic mass is 9.83. The third-order valence-electron chi connectivity index (χ3n) is 7.15. The van der Waals surface area contributed by atoms with E-state index in [1.165, 1.54) is 35.9 Å². The zero-order valence-corrected chi connectivity index (χ0v) is 17.2. The number of carbonyl (C=O) groups excluding carboxylic acids is 1. The maximum absolute atomic E-state index is 13.1. The van der Waals surface area contributed by atoms with Crippen LogP contribution in [0.5, 0.6) is 5.75 Å². The smallest absolute Gasteiger partial charge is 0.255 e. The molecule has 1 aromatic carbocycles. The maximum atomic E-state index is 13.1. The highest BCUT2D eigenvalue weighted by Crippen LogP contribution is 2.33. The Morgan fingerprint density at radius 1 is 1.28 bits per heavy atom. The van der Waals surface area contributed by atoms with Crippen LogP contribution in [-0.2, 0) is 17.8 Å². The second-order valence-corrected chi connectivity index (χ2v) is 9.14. The monoisotopic (exact) mass is 397 g/mol. The number of hydrogen-bond acceptors (Lipinski definition) is 4. The average molecular weight is 398 g/mol. The van der Waals surface area contributed by atoms with Gasteiger partial charge in [0.1, 0.15) is 5.75 Å². The molecule has 6 nitrogen and oxygen atoms in total. The van der Waals surface area contributed by atoms with Crippen LogP contribution in [0.4, 0.5) is 0 Å². The highest BCUT2D eigenvalue weighted by atomic mass is 16.5. The van der Waals surface area contributed by atoms with Crippen molar-refractivity contribution in [3.05, 3.63) is 29.5 Å². The van der Waals surface area contributed by atoms with E-state index in [0.717, 1.165) is 50.3 Å². The Balaban J connectivity index is 1.32. The number of ether oxygens (including phenoxy) is 1. The minimum Gasteiger partial charge on any atom is -0.497 e. The summed E-state index contributed by atoms with van der Waals surface area (Å²) in [4.78, 5) is 20.8. The van der Waals surface area contributed by atoms with Crippen molar-refractivity contribution in [2.75, 3.05) is 33.3 Å². The number of aliphatic hydroxyl groups is 1. The number of benzene rings is 1. The van der Waals surface area contributed by atoms with Crippen molar-refractivity contribution in [3.63, 3.8) is 0 Å². The normalized spacial score (nSPS) is 25.9. The number of aromatic amines is 1. The number of β-amino-alcohol motifs (C(OH)–C–C–N with tert-alkyl or cyclic N) is 1. The maximum Gasteiger partial charge on any atom is 0.255 e. The summed E-state index contributed by atoms with van der Waals surface area (Å²) in [5, 5.41) is 12.5. The fourth-order valence-electron chi connectivity index (χ4n) is 5.25. The number of H-pyrrole nitrogens is 1. The summed E-state index contributed by atoms with van der Waals surface area (Å²) in [6.45, 7) is 3.65. The predicted octanol–water partition coefficient (Wildman–Crippen LogP) is 2.69. The number of hydrogen-bond donors (Lipinski definition) is 2. The molecule has 1 amide bonds. The molecule has 3 heterocycles. The highest BCUT2D eigenvalue weighted by molar-refractivity contribution is 5.87. The summed E-state index contributed by atoms with van der Waals surface area (Å²) in [5.41, 5.74) is 2.40. The zero-order chi connectivity index (χ0) is 20.0. The number of fused-ring (bicyclic) bond motifs is 3. The first-order valence-electron chi connectivity index (χ1n) is 11.0. The lowest BCUT2D eigenvalue weighted by molar-refractivity contribution is -0.161. The number of amides is 1. The summed E-state index contributed by atoms with van der Waals surface area (Å²) in [6.07, 6.45) is 6.09. The van der Waals surface area contributed by atoms with E-state index >= 15 is 0 Å². The van der Waals surface area contributed by atoms with Gasteiger partial charge in [-0.2, -0.15) is 0 Å². The number of nitrogens with one attached hydrogen (secondary N) is 1. The van der Waals surface area contributed by atoms with Gasteiger partial charge in [-0.15, -0.1) is 0 Å². The van der Waals surface area contributed by atoms with Crippen LogP contribution in [0, 0.1) is 5.92 Å². The minimum absolute atomic E-state index is 0.0537. The van der Waals surface area contributed by atoms with Gasteiger partial charge >= 0.3 is 0 Å². The Labute approximate surface area is 171 Å². The molecule has 156 valence electrons. The first kappa shape index (κ1) is 18.9. The third kappa shape index (κ3) is 3.42. The number of rotatable bonds is 5. The molecule has 0 bridgehead atoms. The summed E-state index contributed by atoms with van der Waals surface area (Å²) >= 11 is 0. The minimum atomic E-state index is -1.25. The van der Waals surface area contributed by atoms with E-state index in [2.05, 4.69) is 22.0 Å². The van der Waals surface area contributed by atoms with Gasteiger partial charge in [0.25, 0.3) is 5.91 Å². The molecule has 0 spiro atoms. The van der Waals surface area contributed by atoms with Gasteiger partial charge in [0.15, 0.2) is 5.60 Å². The van der Waals surface area contributed by atoms with Crippen LogP contribution in [0.3, 0.4) is 0 Å². The molecular formula is C23H31N3O3. The van der Waals surface area contributed by atoms with Crippen molar-refractivity contribution in [1.29, 1.82) is 0 Å².